The van der Waals surface area contributed by atoms with E-state index in [0.717, 1.165) is 5.57 Å². The Balaban J connectivity index is 1.63. The summed E-state index contributed by atoms with van der Waals surface area (Å²) in [5, 5.41) is 11.0. The van der Waals surface area contributed by atoms with Gasteiger partial charge in [0.25, 0.3) is 0 Å². The van der Waals surface area contributed by atoms with Crippen LogP contribution in [0.2, 0.25) is 0 Å². The molecule has 1 amide bonds. The fraction of sp³-hybridized carbons (Fsp3) is 0.231. The largest absolute Gasteiger partial charge is 0.446 e. The third kappa shape index (κ3) is 6.91. The number of benzene rings is 2. The maximum atomic E-state index is 12.9. The third-order valence-electron chi connectivity index (χ3n) is 5.02. The summed E-state index contributed by atoms with van der Waals surface area (Å²) in [5.41, 5.74) is 2.07. The van der Waals surface area contributed by atoms with Crippen LogP contribution in [0.5, 0.6) is 0 Å². The first kappa shape index (κ1) is 23.5. The minimum atomic E-state index is -0.814. The summed E-state index contributed by atoms with van der Waals surface area (Å²) in [5.74, 6) is 4.15. The van der Waals surface area contributed by atoms with Gasteiger partial charge in [-0.2, -0.15) is 0 Å². The molecule has 33 heavy (non-hydrogen) atoms. The summed E-state index contributed by atoms with van der Waals surface area (Å²) in [6.07, 6.45) is 5.22. The summed E-state index contributed by atoms with van der Waals surface area (Å²) in [6.45, 7) is 1.57. The van der Waals surface area contributed by atoms with Gasteiger partial charge in [-0.3, -0.25) is 19.8 Å². The fourth-order valence-electron chi connectivity index (χ4n) is 3.41. The highest BCUT2D eigenvalue weighted by atomic mass is 16.6. The molecule has 0 aromatic heterocycles. The van der Waals surface area contributed by atoms with Crippen LogP contribution < -0.4 is 4.90 Å². The minimum absolute atomic E-state index is 0.287. The average molecular weight is 444 g/mol. The van der Waals surface area contributed by atoms with Gasteiger partial charge in [0.05, 0.1) is 0 Å². The molecule has 2 aromatic carbocycles. The lowest BCUT2D eigenvalue weighted by atomic mass is 9.95. The van der Waals surface area contributed by atoms with E-state index in [0.29, 0.717) is 24.2 Å². The average Bonchev–Trinajstić information content (AvgIpc) is 2.83. The highest BCUT2D eigenvalue weighted by Crippen LogP contribution is 2.25. The number of hydrogen-bond acceptors (Lipinski definition) is 5. The number of rotatable bonds is 6. The molecule has 0 bridgehead atoms. The van der Waals surface area contributed by atoms with Crippen molar-refractivity contribution in [2.24, 2.45) is 0 Å². The van der Waals surface area contributed by atoms with Crippen molar-refractivity contribution in [2.45, 2.75) is 38.3 Å². The molecule has 1 aliphatic rings. The normalized spacial score (nSPS) is 16.2. The van der Waals surface area contributed by atoms with Gasteiger partial charge in [0.1, 0.15) is 0 Å². The van der Waals surface area contributed by atoms with Crippen LogP contribution in [0.3, 0.4) is 0 Å². The fourth-order valence-corrected chi connectivity index (χ4v) is 3.41. The lowest BCUT2D eigenvalue weighted by Gasteiger charge is -2.20. The van der Waals surface area contributed by atoms with E-state index in [2.05, 4.69) is 11.8 Å². The van der Waals surface area contributed by atoms with E-state index in [1.807, 2.05) is 66.7 Å². The van der Waals surface area contributed by atoms with E-state index >= 15 is 0 Å². The number of anilines is 2. The molecule has 0 unspecified atom stereocenters. The number of nitro groups is 1. The van der Waals surface area contributed by atoms with Crippen molar-refractivity contribution < 1.29 is 19.2 Å². The predicted octanol–water partition coefficient (Wildman–Crippen LogP) is 4.60. The molecular formula is C26H24N2O5. The van der Waals surface area contributed by atoms with E-state index < -0.39 is 24.0 Å². The Hall–Kier alpha value is -4.18. The number of hydrogen-bond donors (Lipinski definition) is 0. The second-order valence-corrected chi connectivity index (χ2v) is 7.49. The van der Waals surface area contributed by atoms with Crippen LogP contribution in [-0.4, -0.2) is 28.9 Å². The van der Waals surface area contributed by atoms with E-state index in [-0.39, 0.29) is 11.3 Å². The van der Waals surface area contributed by atoms with Crippen LogP contribution in [0.25, 0.3) is 0 Å². The van der Waals surface area contributed by atoms with Gasteiger partial charge in [-0.25, -0.2) is 4.79 Å². The number of ether oxygens (including phenoxy) is 1. The second-order valence-electron chi connectivity index (χ2n) is 7.49. The molecule has 2 atom stereocenters. The van der Waals surface area contributed by atoms with Gasteiger partial charge in [0, 0.05) is 35.2 Å². The number of nitrogens with zero attached hydrogens (tertiary/aromatic N) is 2. The molecule has 0 N–H and O–H groups in total. The Bertz CT molecular complexity index is 1070. The van der Waals surface area contributed by atoms with E-state index in [4.69, 9.17) is 4.74 Å². The Morgan fingerprint density at radius 1 is 1.12 bits per heavy atom. The zero-order chi connectivity index (χ0) is 23.6. The molecular weight excluding hydrogens is 420 g/mol. The molecule has 2 aromatic rings. The van der Waals surface area contributed by atoms with Crippen LogP contribution >= 0.6 is 0 Å². The standard InChI is InChI=1S/C26H24N2O5/c1-20(33-26(30)18-16-21-9-8-14-24(19-21)28(31)32)15-17-25(29)27(22-10-4-2-5-11-22)23-12-6-3-7-13-23/h2-7,9-13,16,18,20,24H,8,14,19H2,1H3/b18-16+/t20-,24-/m1/s1. The summed E-state index contributed by atoms with van der Waals surface area (Å²) < 4.78 is 5.23. The van der Waals surface area contributed by atoms with Crippen molar-refractivity contribution in [3.8, 4) is 11.8 Å². The van der Waals surface area contributed by atoms with Gasteiger partial charge < -0.3 is 4.74 Å². The monoisotopic (exact) mass is 444 g/mol. The second kappa shape index (κ2) is 11.4. The first-order valence-electron chi connectivity index (χ1n) is 10.6. The number of para-hydroxylation sites is 2. The van der Waals surface area contributed by atoms with E-state index in [9.17, 15) is 19.7 Å². The maximum absolute atomic E-state index is 12.9. The molecule has 0 fully saturated rings. The lowest BCUT2D eigenvalue weighted by molar-refractivity contribution is -0.523. The van der Waals surface area contributed by atoms with Crippen molar-refractivity contribution in [2.75, 3.05) is 4.90 Å². The van der Waals surface area contributed by atoms with Crippen molar-refractivity contribution in [3.05, 3.63) is 94.6 Å². The summed E-state index contributed by atoms with van der Waals surface area (Å²) in [7, 11) is 0. The SMILES string of the molecule is C[C@H](C#CC(=O)N(c1ccccc1)c1ccccc1)OC(=O)/C=C/C1=CCC[C@@H]([N+](=O)[O-])C1. The molecule has 7 nitrogen and oxygen atoms in total. The smallest absolute Gasteiger partial charge is 0.331 e. The number of carbonyl (C=O) groups is 2. The molecule has 0 aliphatic heterocycles. The molecule has 7 heteroatoms. The highest BCUT2D eigenvalue weighted by molar-refractivity contribution is 6.10. The van der Waals surface area contributed by atoms with Crippen molar-refractivity contribution >= 4 is 23.3 Å². The number of allylic oxidation sites excluding steroid dienone is 2. The molecule has 1 aliphatic carbocycles. The molecule has 3 rings (SSSR count). The van der Waals surface area contributed by atoms with Gasteiger partial charge in [-0.1, -0.05) is 48.6 Å². The van der Waals surface area contributed by atoms with Crippen LogP contribution in [0.4, 0.5) is 11.4 Å². The maximum Gasteiger partial charge on any atom is 0.331 e. The molecule has 0 heterocycles. The molecule has 168 valence electrons. The van der Waals surface area contributed by atoms with Gasteiger partial charge in [-0.05, 0) is 55.0 Å². The number of carbonyl (C=O) groups excluding carboxylic acids is 2. The van der Waals surface area contributed by atoms with Crippen molar-refractivity contribution in [1.82, 2.24) is 0 Å². The quantitative estimate of drug-likeness (QED) is 0.214. The Morgan fingerprint density at radius 2 is 1.73 bits per heavy atom. The molecule has 0 saturated heterocycles. The zero-order valence-electron chi connectivity index (χ0n) is 18.2. The van der Waals surface area contributed by atoms with Crippen LogP contribution in [0.1, 0.15) is 26.2 Å². The van der Waals surface area contributed by atoms with Crippen LogP contribution in [-0.2, 0) is 14.3 Å². The van der Waals surface area contributed by atoms with Crippen molar-refractivity contribution in [3.63, 3.8) is 0 Å². The van der Waals surface area contributed by atoms with Crippen molar-refractivity contribution in [1.29, 1.82) is 0 Å². The topological polar surface area (TPSA) is 89.8 Å². The van der Waals surface area contributed by atoms with E-state index in [1.165, 1.54) is 17.1 Å². The number of esters is 1. The first-order chi connectivity index (χ1) is 15.9. The van der Waals surface area contributed by atoms with Gasteiger partial charge in [0.15, 0.2) is 6.10 Å². The van der Waals surface area contributed by atoms with Gasteiger partial charge in [-0.15, -0.1) is 0 Å². The Morgan fingerprint density at radius 3 is 2.30 bits per heavy atom. The summed E-state index contributed by atoms with van der Waals surface area (Å²) in [4.78, 5) is 37.1. The van der Waals surface area contributed by atoms with E-state index in [1.54, 1.807) is 6.92 Å². The molecule has 0 saturated carbocycles. The highest BCUT2D eigenvalue weighted by Gasteiger charge is 2.23. The Labute approximate surface area is 192 Å². The summed E-state index contributed by atoms with van der Waals surface area (Å²) in [6, 6.07) is 17.7. The predicted molar refractivity (Wildman–Crippen MR) is 125 cm³/mol. The van der Waals surface area contributed by atoms with Crippen LogP contribution in [0.15, 0.2) is 84.5 Å². The zero-order valence-corrected chi connectivity index (χ0v) is 18.2. The lowest BCUT2D eigenvalue weighted by Crippen LogP contribution is -2.24. The summed E-state index contributed by atoms with van der Waals surface area (Å²) >= 11 is 0. The van der Waals surface area contributed by atoms with Crippen LogP contribution in [0, 0.1) is 22.0 Å². The molecule has 0 radical (unpaired) electrons. The third-order valence-corrected chi connectivity index (χ3v) is 5.02. The molecule has 0 spiro atoms. The minimum Gasteiger partial charge on any atom is -0.446 e. The van der Waals surface area contributed by atoms with Gasteiger partial charge in [0.2, 0.25) is 6.04 Å². The Kier molecular flexibility index (Phi) is 8.14. The number of amides is 1. The first-order valence-corrected chi connectivity index (χ1v) is 10.6. The van der Waals surface area contributed by atoms with Gasteiger partial charge >= 0.3 is 11.9 Å².